The first-order valence-electron chi connectivity index (χ1n) is 6.83. The van der Waals surface area contributed by atoms with Gasteiger partial charge in [0.25, 0.3) is 0 Å². The van der Waals surface area contributed by atoms with E-state index < -0.39 is 10.0 Å². The maximum atomic E-state index is 12.3. The number of aryl methyl sites for hydroxylation is 1. The Morgan fingerprint density at radius 2 is 2.05 bits per heavy atom. The van der Waals surface area contributed by atoms with Gasteiger partial charge in [0.15, 0.2) is 0 Å². The summed E-state index contributed by atoms with van der Waals surface area (Å²) in [5.74, 6) is 0. The molecule has 1 aromatic carbocycles. The quantitative estimate of drug-likeness (QED) is 0.858. The SMILES string of the molecule is CCC(N)c1cccc(S(=O)(=O)NCc2ccc(C)s2)c1. The first kappa shape index (κ1) is 16.2. The van der Waals surface area contributed by atoms with Crippen LogP contribution >= 0.6 is 11.3 Å². The van der Waals surface area contributed by atoms with Crippen LogP contribution in [0.3, 0.4) is 0 Å². The molecule has 0 aliphatic carbocycles. The second-order valence-corrected chi connectivity index (χ2v) is 8.06. The highest BCUT2D eigenvalue weighted by Gasteiger charge is 2.15. The lowest BCUT2D eigenvalue weighted by molar-refractivity contribution is 0.581. The molecule has 2 aromatic rings. The van der Waals surface area contributed by atoms with Crippen molar-refractivity contribution in [1.29, 1.82) is 0 Å². The molecule has 1 heterocycles. The second-order valence-electron chi connectivity index (χ2n) is 4.92. The molecule has 1 aromatic heterocycles. The molecule has 0 spiro atoms. The summed E-state index contributed by atoms with van der Waals surface area (Å²) >= 11 is 1.59. The van der Waals surface area contributed by atoms with Crippen molar-refractivity contribution in [2.45, 2.75) is 37.8 Å². The maximum absolute atomic E-state index is 12.3. The molecule has 0 amide bonds. The van der Waals surface area contributed by atoms with Gasteiger partial charge in [-0.15, -0.1) is 11.3 Å². The molecule has 0 fully saturated rings. The van der Waals surface area contributed by atoms with Gasteiger partial charge in [-0.3, -0.25) is 0 Å². The van der Waals surface area contributed by atoms with E-state index in [9.17, 15) is 8.42 Å². The van der Waals surface area contributed by atoms with Gasteiger partial charge in [0, 0.05) is 22.3 Å². The minimum atomic E-state index is -3.51. The molecule has 0 radical (unpaired) electrons. The van der Waals surface area contributed by atoms with Gasteiger partial charge in [0.1, 0.15) is 0 Å². The molecular weight excluding hydrogens is 304 g/mol. The third-order valence-electron chi connectivity index (χ3n) is 3.27. The van der Waals surface area contributed by atoms with Crippen LogP contribution < -0.4 is 10.5 Å². The van der Waals surface area contributed by atoms with Gasteiger partial charge in [-0.2, -0.15) is 0 Å². The van der Waals surface area contributed by atoms with E-state index in [0.29, 0.717) is 6.54 Å². The first-order chi connectivity index (χ1) is 9.92. The summed E-state index contributed by atoms with van der Waals surface area (Å²) < 4.78 is 27.3. The van der Waals surface area contributed by atoms with Gasteiger partial charge in [0.05, 0.1) is 4.90 Å². The normalized spacial score (nSPS) is 13.3. The molecular formula is C15H20N2O2S2. The molecule has 0 saturated carbocycles. The summed E-state index contributed by atoms with van der Waals surface area (Å²) in [5, 5.41) is 0. The lowest BCUT2D eigenvalue weighted by Gasteiger charge is -2.11. The van der Waals surface area contributed by atoms with Gasteiger partial charge in [0.2, 0.25) is 10.0 Å². The van der Waals surface area contributed by atoms with E-state index in [0.717, 1.165) is 16.9 Å². The van der Waals surface area contributed by atoms with Gasteiger partial charge in [-0.1, -0.05) is 19.1 Å². The van der Waals surface area contributed by atoms with Crippen molar-refractivity contribution >= 4 is 21.4 Å². The van der Waals surface area contributed by atoms with Crippen molar-refractivity contribution in [2.24, 2.45) is 5.73 Å². The Morgan fingerprint density at radius 1 is 1.29 bits per heavy atom. The van der Waals surface area contributed by atoms with Gasteiger partial charge >= 0.3 is 0 Å². The van der Waals surface area contributed by atoms with Crippen molar-refractivity contribution in [3.63, 3.8) is 0 Å². The fourth-order valence-corrected chi connectivity index (χ4v) is 3.96. The van der Waals surface area contributed by atoms with E-state index >= 15 is 0 Å². The Labute approximate surface area is 130 Å². The summed E-state index contributed by atoms with van der Waals surface area (Å²) in [5.41, 5.74) is 6.80. The van der Waals surface area contributed by atoms with Crippen LogP contribution in [-0.4, -0.2) is 8.42 Å². The fraction of sp³-hybridized carbons (Fsp3) is 0.333. The van der Waals surface area contributed by atoms with Gasteiger partial charge < -0.3 is 5.73 Å². The van der Waals surface area contributed by atoms with E-state index in [1.807, 2.05) is 32.0 Å². The van der Waals surface area contributed by atoms with Crippen LogP contribution in [0.4, 0.5) is 0 Å². The van der Waals surface area contributed by atoms with Crippen molar-refractivity contribution in [1.82, 2.24) is 4.72 Å². The van der Waals surface area contributed by atoms with E-state index in [2.05, 4.69) is 4.72 Å². The Bertz CT molecular complexity index is 708. The van der Waals surface area contributed by atoms with Crippen LogP contribution in [0.1, 0.15) is 34.7 Å². The number of sulfonamides is 1. The number of benzene rings is 1. The van der Waals surface area contributed by atoms with Crippen LogP contribution in [0.25, 0.3) is 0 Å². The molecule has 0 aliphatic heterocycles. The Hall–Kier alpha value is -1.21. The number of thiophene rings is 1. The van der Waals surface area contributed by atoms with Crippen LogP contribution in [0.2, 0.25) is 0 Å². The molecule has 1 unspecified atom stereocenters. The monoisotopic (exact) mass is 324 g/mol. The number of rotatable bonds is 6. The molecule has 21 heavy (non-hydrogen) atoms. The molecule has 114 valence electrons. The van der Waals surface area contributed by atoms with Crippen molar-refractivity contribution < 1.29 is 8.42 Å². The zero-order chi connectivity index (χ0) is 15.5. The van der Waals surface area contributed by atoms with Crippen LogP contribution in [0.15, 0.2) is 41.3 Å². The lowest BCUT2D eigenvalue weighted by atomic mass is 10.1. The Morgan fingerprint density at radius 3 is 2.67 bits per heavy atom. The number of nitrogens with one attached hydrogen (secondary N) is 1. The largest absolute Gasteiger partial charge is 0.324 e. The molecule has 3 N–H and O–H groups in total. The van der Waals surface area contributed by atoms with E-state index in [4.69, 9.17) is 5.73 Å². The second kappa shape index (κ2) is 6.70. The topological polar surface area (TPSA) is 72.2 Å². The highest BCUT2D eigenvalue weighted by molar-refractivity contribution is 7.89. The average molecular weight is 324 g/mol. The van der Waals surface area contributed by atoms with E-state index in [1.165, 1.54) is 4.88 Å². The average Bonchev–Trinajstić information content (AvgIpc) is 2.90. The minimum Gasteiger partial charge on any atom is -0.324 e. The summed E-state index contributed by atoms with van der Waals surface area (Å²) in [7, 11) is -3.51. The van der Waals surface area contributed by atoms with Crippen molar-refractivity contribution in [3.05, 3.63) is 51.7 Å². The highest BCUT2D eigenvalue weighted by atomic mass is 32.2. The third-order valence-corrected chi connectivity index (χ3v) is 5.67. The lowest BCUT2D eigenvalue weighted by Crippen LogP contribution is -2.23. The van der Waals surface area contributed by atoms with E-state index in [1.54, 1.807) is 29.5 Å². The zero-order valence-corrected chi connectivity index (χ0v) is 13.8. The molecule has 2 rings (SSSR count). The molecule has 0 aliphatic rings. The number of nitrogens with two attached hydrogens (primary N) is 1. The third kappa shape index (κ3) is 4.14. The number of hydrogen-bond donors (Lipinski definition) is 2. The zero-order valence-electron chi connectivity index (χ0n) is 12.2. The summed E-state index contributed by atoms with van der Waals surface area (Å²) in [6.45, 7) is 4.28. The summed E-state index contributed by atoms with van der Waals surface area (Å²) in [6, 6.07) is 10.6. The maximum Gasteiger partial charge on any atom is 0.240 e. The summed E-state index contributed by atoms with van der Waals surface area (Å²) in [4.78, 5) is 2.43. The van der Waals surface area contributed by atoms with Crippen LogP contribution in [0.5, 0.6) is 0 Å². The standard InChI is InChI=1S/C15H20N2O2S2/c1-3-15(16)12-5-4-6-14(9-12)21(18,19)17-10-13-8-7-11(2)20-13/h4-9,15,17H,3,10,16H2,1-2H3. The predicted molar refractivity (Wildman–Crippen MR) is 86.7 cm³/mol. The van der Waals surface area contributed by atoms with Gasteiger partial charge in [-0.05, 0) is 43.2 Å². The molecule has 0 bridgehead atoms. The first-order valence-corrected chi connectivity index (χ1v) is 9.13. The van der Waals surface area contributed by atoms with E-state index in [-0.39, 0.29) is 10.9 Å². The fourth-order valence-electron chi connectivity index (χ4n) is 1.98. The van der Waals surface area contributed by atoms with Gasteiger partial charge in [-0.25, -0.2) is 13.1 Å². The van der Waals surface area contributed by atoms with Crippen LogP contribution in [0, 0.1) is 6.92 Å². The summed E-state index contributed by atoms with van der Waals surface area (Å²) in [6.07, 6.45) is 0.769. The van der Waals surface area contributed by atoms with Crippen LogP contribution in [-0.2, 0) is 16.6 Å². The minimum absolute atomic E-state index is 0.139. The highest BCUT2D eigenvalue weighted by Crippen LogP contribution is 2.19. The Kier molecular flexibility index (Phi) is 5.16. The van der Waals surface area contributed by atoms with Crippen molar-refractivity contribution in [2.75, 3.05) is 0 Å². The smallest absolute Gasteiger partial charge is 0.240 e. The molecule has 4 nitrogen and oxygen atoms in total. The molecule has 6 heteroatoms. The molecule has 1 atom stereocenters. The predicted octanol–water partition coefficient (Wildman–Crippen LogP) is 2.94. The number of hydrogen-bond acceptors (Lipinski definition) is 4. The Balaban J connectivity index is 2.15. The van der Waals surface area contributed by atoms with Crippen molar-refractivity contribution in [3.8, 4) is 0 Å². The molecule has 0 saturated heterocycles.